The van der Waals surface area contributed by atoms with Crippen molar-refractivity contribution in [1.82, 2.24) is 9.78 Å². The molecule has 0 saturated heterocycles. The Morgan fingerprint density at radius 1 is 1.50 bits per heavy atom. The molecule has 0 amide bonds. The van der Waals surface area contributed by atoms with E-state index in [1.165, 1.54) is 0 Å². The summed E-state index contributed by atoms with van der Waals surface area (Å²) >= 11 is 0. The Bertz CT molecular complexity index is 206. The van der Waals surface area contributed by atoms with Gasteiger partial charge in [-0.25, -0.2) is 0 Å². The van der Waals surface area contributed by atoms with Crippen LogP contribution < -0.4 is 11.5 Å². The van der Waals surface area contributed by atoms with E-state index in [-0.39, 0.29) is 0 Å². The van der Waals surface area contributed by atoms with Gasteiger partial charge in [0.25, 0.3) is 0 Å². The normalized spacial score (nSPS) is 10.7. The van der Waals surface area contributed by atoms with E-state index in [1.54, 1.807) is 10.9 Å². The molecule has 1 heterocycles. The molecule has 0 bridgehead atoms. The molecule has 0 aliphatic heterocycles. The van der Waals surface area contributed by atoms with Crippen molar-refractivity contribution in [3.63, 3.8) is 0 Å². The summed E-state index contributed by atoms with van der Waals surface area (Å²) < 4.78 is 1.74. The first-order valence-electron chi connectivity index (χ1n) is 3.21. The van der Waals surface area contributed by atoms with E-state index in [1.807, 2.05) is 13.8 Å². The van der Waals surface area contributed by atoms with Gasteiger partial charge in [-0.15, -0.1) is 0 Å². The molecule has 1 aromatic rings. The van der Waals surface area contributed by atoms with Crippen LogP contribution in [0.2, 0.25) is 0 Å². The molecule has 0 unspecified atom stereocenters. The van der Waals surface area contributed by atoms with E-state index in [4.69, 9.17) is 11.5 Å². The summed E-state index contributed by atoms with van der Waals surface area (Å²) in [6.45, 7) is 4.04. The fourth-order valence-corrected chi connectivity index (χ4v) is 0.684. The van der Waals surface area contributed by atoms with Gasteiger partial charge in [-0.1, -0.05) is 0 Å². The van der Waals surface area contributed by atoms with Crippen LogP contribution in [0.25, 0.3) is 0 Å². The maximum atomic E-state index is 5.47. The smallest absolute Gasteiger partial charge is 0.168 e. The van der Waals surface area contributed by atoms with Crippen LogP contribution >= 0.6 is 0 Å². The molecule has 1 rings (SSSR count). The zero-order valence-corrected chi connectivity index (χ0v) is 6.20. The SMILES string of the molecule is CC(C)n1cc(N)c(N)n1. The summed E-state index contributed by atoms with van der Waals surface area (Å²) in [7, 11) is 0. The van der Waals surface area contributed by atoms with Gasteiger partial charge in [0.05, 0.1) is 11.9 Å². The summed E-state index contributed by atoms with van der Waals surface area (Å²) in [5, 5.41) is 3.98. The Morgan fingerprint density at radius 2 is 2.10 bits per heavy atom. The standard InChI is InChI=1S/C6H12N4/c1-4(2)10-3-5(7)6(8)9-10/h3-4H,7H2,1-2H3,(H2,8,9). The lowest BCUT2D eigenvalue weighted by molar-refractivity contribution is 0.535. The molecule has 0 saturated carbocycles. The van der Waals surface area contributed by atoms with Crippen molar-refractivity contribution in [1.29, 1.82) is 0 Å². The van der Waals surface area contributed by atoms with E-state index in [9.17, 15) is 0 Å². The van der Waals surface area contributed by atoms with Crippen LogP contribution in [0, 0.1) is 0 Å². The number of nitrogens with two attached hydrogens (primary N) is 2. The highest BCUT2D eigenvalue weighted by atomic mass is 15.3. The van der Waals surface area contributed by atoms with Crippen LogP contribution in [0.5, 0.6) is 0 Å². The number of anilines is 2. The van der Waals surface area contributed by atoms with Crippen molar-refractivity contribution in [3.8, 4) is 0 Å². The molecule has 0 aliphatic rings. The van der Waals surface area contributed by atoms with Crippen LogP contribution in [0.3, 0.4) is 0 Å². The summed E-state index contributed by atoms with van der Waals surface area (Å²) in [5.41, 5.74) is 11.4. The molecular formula is C6H12N4. The van der Waals surface area contributed by atoms with E-state index in [2.05, 4.69) is 5.10 Å². The van der Waals surface area contributed by atoms with E-state index in [0.29, 0.717) is 17.5 Å². The third-order valence-corrected chi connectivity index (χ3v) is 1.32. The number of rotatable bonds is 1. The second-order valence-electron chi connectivity index (χ2n) is 2.54. The Morgan fingerprint density at radius 3 is 2.30 bits per heavy atom. The molecule has 0 fully saturated rings. The van der Waals surface area contributed by atoms with Crippen molar-refractivity contribution in [2.24, 2.45) is 0 Å². The van der Waals surface area contributed by atoms with Gasteiger partial charge in [0.2, 0.25) is 0 Å². The van der Waals surface area contributed by atoms with Gasteiger partial charge in [-0.3, -0.25) is 4.68 Å². The van der Waals surface area contributed by atoms with Crippen LogP contribution in [0.1, 0.15) is 19.9 Å². The lowest BCUT2D eigenvalue weighted by Crippen LogP contribution is -2.01. The number of nitrogen functional groups attached to an aromatic ring is 2. The predicted molar refractivity (Wildman–Crippen MR) is 41.4 cm³/mol. The highest BCUT2D eigenvalue weighted by Gasteiger charge is 2.02. The van der Waals surface area contributed by atoms with Crippen molar-refractivity contribution in [3.05, 3.63) is 6.20 Å². The molecule has 4 heteroatoms. The molecule has 0 radical (unpaired) electrons. The number of hydrogen-bond acceptors (Lipinski definition) is 3. The fourth-order valence-electron chi connectivity index (χ4n) is 0.684. The van der Waals surface area contributed by atoms with Gasteiger partial charge < -0.3 is 11.5 Å². The average Bonchev–Trinajstić information content (AvgIpc) is 2.13. The molecule has 0 aliphatic carbocycles. The maximum absolute atomic E-state index is 5.47. The molecule has 4 nitrogen and oxygen atoms in total. The average molecular weight is 140 g/mol. The van der Waals surface area contributed by atoms with E-state index in [0.717, 1.165) is 0 Å². The Kier molecular flexibility index (Phi) is 1.53. The summed E-state index contributed by atoms with van der Waals surface area (Å²) in [5.74, 6) is 0.411. The zero-order valence-electron chi connectivity index (χ0n) is 6.20. The number of nitrogens with zero attached hydrogens (tertiary/aromatic N) is 2. The lowest BCUT2D eigenvalue weighted by atomic mass is 10.4. The van der Waals surface area contributed by atoms with Gasteiger partial charge in [0.15, 0.2) is 5.82 Å². The molecule has 10 heavy (non-hydrogen) atoms. The second-order valence-corrected chi connectivity index (χ2v) is 2.54. The van der Waals surface area contributed by atoms with Crippen LogP contribution in [0.4, 0.5) is 11.5 Å². The van der Waals surface area contributed by atoms with Crippen LogP contribution in [0.15, 0.2) is 6.20 Å². The van der Waals surface area contributed by atoms with Crippen molar-refractivity contribution in [2.45, 2.75) is 19.9 Å². The first kappa shape index (κ1) is 6.92. The maximum Gasteiger partial charge on any atom is 0.168 e. The molecule has 56 valence electrons. The van der Waals surface area contributed by atoms with E-state index < -0.39 is 0 Å². The van der Waals surface area contributed by atoms with Gasteiger partial charge in [-0.05, 0) is 13.8 Å². The Balaban J connectivity index is 2.98. The molecule has 4 N–H and O–H groups in total. The third-order valence-electron chi connectivity index (χ3n) is 1.32. The summed E-state index contributed by atoms with van der Waals surface area (Å²) in [4.78, 5) is 0. The minimum Gasteiger partial charge on any atom is -0.394 e. The second kappa shape index (κ2) is 2.21. The monoisotopic (exact) mass is 140 g/mol. The molecule has 0 atom stereocenters. The molecule has 0 spiro atoms. The van der Waals surface area contributed by atoms with Crippen molar-refractivity contribution >= 4 is 11.5 Å². The summed E-state index contributed by atoms with van der Waals surface area (Å²) in [6, 6.07) is 0.319. The van der Waals surface area contributed by atoms with E-state index >= 15 is 0 Å². The molecular weight excluding hydrogens is 128 g/mol. The topological polar surface area (TPSA) is 69.9 Å². The summed E-state index contributed by atoms with van der Waals surface area (Å²) in [6.07, 6.45) is 1.74. The van der Waals surface area contributed by atoms with Gasteiger partial charge >= 0.3 is 0 Å². The van der Waals surface area contributed by atoms with Gasteiger partial charge in [0, 0.05) is 6.04 Å². The van der Waals surface area contributed by atoms with Crippen LogP contribution in [-0.2, 0) is 0 Å². The lowest BCUT2D eigenvalue weighted by Gasteiger charge is -2.01. The Hall–Kier alpha value is -1.19. The molecule has 1 aromatic heterocycles. The quantitative estimate of drug-likeness (QED) is 0.601. The Labute approximate surface area is 59.8 Å². The van der Waals surface area contributed by atoms with Crippen molar-refractivity contribution in [2.75, 3.05) is 11.5 Å². The fraction of sp³-hybridized carbons (Fsp3) is 0.500. The van der Waals surface area contributed by atoms with Crippen LogP contribution in [-0.4, -0.2) is 9.78 Å². The largest absolute Gasteiger partial charge is 0.394 e. The molecule has 0 aromatic carbocycles. The van der Waals surface area contributed by atoms with Gasteiger partial charge in [-0.2, -0.15) is 5.10 Å². The highest BCUT2D eigenvalue weighted by Crippen LogP contribution is 2.13. The first-order chi connectivity index (χ1) is 4.61. The minimum absolute atomic E-state index is 0.319. The third kappa shape index (κ3) is 1.05. The number of hydrogen-bond donors (Lipinski definition) is 2. The van der Waals surface area contributed by atoms with Crippen molar-refractivity contribution < 1.29 is 0 Å². The van der Waals surface area contributed by atoms with Gasteiger partial charge in [0.1, 0.15) is 0 Å². The highest BCUT2D eigenvalue weighted by molar-refractivity contribution is 5.56. The minimum atomic E-state index is 0.319. The predicted octanol–water partition coefficient (Wildman–Crippen LogP) is 0.628. The first-order valence-corrected chi connectivity index (χ1v) is 3.21. The number of aromatic nitrogens is 2. The zero-order chi connectivity index (χ0) is 7.72.